The third kappa shape index (κ3) is 8.00. The summed E-state index contributed by atoms with van der Waals surface area (Å²) in [6, 6.07) is 15.2. The topological polar surface area (TPSA) is 130 Å². The molecular weight excluding hydrogens is 408 g/mol. The summed E-state index contributed by atoms with van der Waals surface area (Å²) in [4.78, 5) is 11.7. The minimum absolute atomic E-state index is 0.0352. The molecule has 1 amide bonds. The van der Waals surface area contributed by atoms with Crippen molar-refractivity contribution in [3.63, 3.8) is 0 Å². The molecule has 30 heavy (non-hydrogen) atoms. The maximum absolute atomic E-state index is 12.2. The van der Waals surface area contributed by atoms with Crippen molar-refractivity contribution in [2.75, 3.05) is 20.2 Å². The first-order valence-electron chi connectivity index (χ1n) is 9.34. The first kappa shape index (κ1) is 23.0. The number of hydrogen-bond donors (Lipinski definition) is 4. The SMILES string of the molecule is COc1ccc(S(=O)(=O)NC(=N)NCCCCNC(=O)OCc2ccccc2)cc1. The summed E-state index contributed by atoms with van der Waals surface area (Å²) in [7, 11) is -2.35. The van der Waals surface area contributed by atoms with Gasteiger partial charge in [0.1, 0.15) is 12.4 Å². The van der Waals surface area contributed by atoms with Gasteiger partial charge < -0.3 is 20.1 Å². The molecule has 9 nitrogen and oxygen atoms in total. The Balaban J connectivity index is 1.58. The summed E-state index contributed by atoms with van der Waals surface area (Å²) in [5, 5.41) is 13.1. The van der Waals surface area contributed by atoms with Gasteiger partial charge in [-0.1, -0.05) is 30.3 Å². The van der Waals surface area contributed by atoms with E-state index in [-0.39, 0.29) is 17.5 Å². The number of guanidine groups is 1. The fourth-order valence-corrected chi connectivity index (χ4v) is 3.37. The number of rotatable bonds is 10. The number of amides is 1. The van der Waals surface area contributed by atoms with E-state index in [1.165, 1.54) is 31.4 Å². The van der Waals surface area contributed by atoms with Gasteiger partial charge in [0.25, 0.3) is 10.0 Å². The number of carbonyl (C=O) groups excluding carboxylic acids is 1. The van der Waals surface area contributed by atoms with E-state index in [0.29, 0.717) is 31.7 Å². The van der Waals surface area contributed by atoms with Gasteiger partial charge in [0.2, 0.25) is 5.96 Å². The van der Waals surface area contributed by atoms with E-state index in [1.54, 1.807) is 0 Å². The molecule has 0 aromatic heterocycles. The predicted octanol–water partition coefficient (Wildman–Crippen LogP) is 2.20. The summed E-state index contributed by atoms with van der Waals surface area (Å²) in [6.07, 6.45) is 0.782. The average Bonchev–Trinajstić information content (AvgIpc) is 2.75. The zero-order valence-corrected chi connectivity index (χ0v) is 17.5. The number of ether oxygens (including phenoxy) is 2. The van der Waals surface area contributed by atoms with Crippen LogP contribution in [0.3, 0.4) is 0 Å². The van der Waals surface area contributed by atoms with Crippen LogP contribution in [0.4, 0.5) is 4.79 Å². The van der Waals surface area contributed by atoms with Crippen LogP contribution < -0.4 is 20.1 Å². The second kappa shape index (κ2) is 11.7. The Morgan fingerprint density at radius 1 is 0.967 bits per heavy atom. The minimum Gasteiger partial charge on any atom is -0.497 e. The molecule has 0 fully saturated rings. The Kier molecular flexibility index (Phi) is 8.95. The minimum atomic E-state index is -3.84. The van der Waals surface area contributed by atoms with Crippen LogP contribution in [0, 0.1) is 5.41 Å². The molecule has 0 aliphatic rings. The third-order valence-electron chi connectivity index (χ3n) is 3.99. The molecule has 10 heteroatoms. The molecule has 0 heterocycles. The van der Waals surface area contributed by atoms with Crippen LogP contribution in [0.15, 0.2) is 59.5 Å². The van der Waals surface area contributed by atoms with Crippen molar-refractivity contribution in [3.8, 4) is 5.75 Å². The van der Waals surface area contributed by atoms with Gasteiger partial charge in [-0.3, -0.25) is 5.41 Å². The van der Waals surface area contributed by atoms with Gasteiger partial charge in [-0.25, -0.2) is 17.9 Å². The number of benzene rings is 2. The highest BCUT2D eigenvalue weighted by Crippen LogP contribution is 2.15. The highest BCUT2D eigenvalue weighted by molar-refractivity contribution is 7.90. The van der Waals surface area contributed by atoms with E-state index in [2.05, 4.69) is 15.4 Å². The van der Waals surface area contributed by atoms with Gasteiger partial charge in [-0.2, -0.15) is 0 Å². The first-order valence-corrected chi connectivity index (χ1v) is 10.8. The van der Waals surface area contributed by atoms with Crippen LogP contribution >= 0.6 is 0 Å². The fourth-order valence-electron chi connectivity index (χ4n) is 2.41. The lowest BCUT2D eigenvalue weighted by molar-refractivity contribution is 0.139. The van der Waals surface area contributed by atoms with Gasteiger partial charge in [-0.05, 0) is 42.7 Å². The Hall–Kier alpha value is -3.27. The van der Waals surface area contributed by atoms with Crippen molar-refractivity contribution < 1.29 is 22.7 Å². The smallest absolute Gasteiger partial charge is 0.407 e. The molecule has 0 saturated heterocycles. The summed E-state index contributed by atoms with van der Waals surface area (Å²) < 4.78 is 36.7. The van der Waals surface area contributed by atoms with Crippen LogP contribution in [0.1, 0.15) is 18.4 Å². The van der Waals surface area contributed by atoms with Crippen molar-refractivity contribution in [2.45, 2.75) is 24.3 Å². The van der Waals surface area contributed by atoms with E-state index in [1.807, 2.05) is 30.3 Å². The second-order valence-corrected chi connectivity index (χ2v) is 7.96. The third-order valence-corrected chi connectivity index (χ3v) is 5.36. The lowest BCUT2D eigenvalue weighted by Crippen LogP contribution is -2.40. The van der Waals surface area contributed by atoms with E-state index >= 15 is 0 Å². The van der Waals surface area contributed by atoms with Gasteiger partial charge in [-0.15, -0.1) is 0 Å². The van der Waals surface area contributed by atoms with Crippen LogP contribution in [0.5, 0.6) is 5.75 Å². The maximum atomic E-state index is 12.2. The number of alkyl carbamates (subject to hydrolysis) is 1. The van der Waals surface area contributed by atoms with Crippen molar-refractivity contribution in [1.29, 1.82) is 5.41 Å². The van der Waals surface area contributed by atoms with Crippen LogP contribution in [-0.4, -0.2) is 40.7 Å². The van der Waals surface area contributed by atoms with Crippen molar-refractivity contribution >= 4 is 22.1 Å². The molecule has 0 unspecified atom stereocenters. The van der Waals surface area contributed by atoms with Crippen LogP contribution in [0.2, 0.25) is 0 Å². The second-order valence-electron chi connectivity index (χ2n) is 6.28. The lowest BCUT2D eigenvalue weighted by Gasteiger charge is -2.11. The van der Waals surface area contributed by atoms with Crippen LogP contribution in [0.25, 0.3) is 0 Å². The Labute approximate surface area is 176 Å². The predicted molar refractivity (Wildman–Crippen MR) is 113 cm³/mol. The van der Waals surface area contributed by atoms with E-state index in [9.17, 15) is 13.2 Å². The summed E-state index contributed by atoms with van der Waals surface area (Å²) >= 11 is 0. The summed E-state index contributed by atoms with van der Waals surface area (Å²) in [5.74, 6) is 0.223. The normalized spacial score (nSPS) is 10.7. The average molecular weight is 435 g/mol. The molecule has 2 aromatic rings. The number of nitrogens with one attached hydrogen (secondary N) is 4. The van der Waals surface area contributed by atoms with Crippen molar-refractivity contribution in [3.05, 3.63) is 60.2 Å². The van der Waals surface area contributed by atoms with Crippen molar-refractivity contribution in [1.82, 2.24) is 15.4 Å². The quantitative estimate of drug-likeness (QED) is 0.258. The van der Waals surface area contributed by atoms with Gasteiger partial charge in [0.05, 0.1) is 12.0 Å². The fraction of sp³-hybridized carbons (Fsp3) is 0.300. The molecule has 0 radical (unpaired) electrons. The highest BCUT2D eigenvalue weighted by Gasteiger charge is 2.15. The zero-order valence-electron chi connectivity index (χ0n) is 16.7. The maximum Gasteiger partial charge on any atom is 0.407 e. The number of hydrogen-bond acceptors (Lipinski definition) is 6. The van der Waals surface area contributed by atoms with Gasteiger partial charge >= 0.3 is 6.09 Å². The summed E-state index contributed by atoms with van der Waals surface area (Å²) in [5.41, 5.74) is 0.910. The van der Waals surface area contributed by atoms with E-state index < -0.39 is 16.1 Å². The standard InChI is InChI=1S/C20H26N4O5S/c1-28-17-9-11-18(12-10-17)30(26,27)24-19(21)22-13-5-6-14-23-20(25)29-15-16-7-3-2-4-8-16/h2-4,7-12H,5-6,13-15H2,1H3,(H,23,25)(H3,21,22,24). The molecule has 0 saturated carbocycles. The number of sulfonamides is 1. The molecule has 0 aliphatic heterocycles. The molecule has 2 rings (SSSR count). The van der Waals surface area contributed by atoms with E-state index in [0.717, 1.165) is 5.56 Å². The Morgan fingerprint density at radius 2 is 1.60 bits per heavy atom. The zero-order chi connectivity index (χ0) is 21.8. The number of methoxy groups -OCH3 is 1. The number of carbonyl (C=O) groups is 1. The molecule has 0 spiro atoms. The largest absolute Gasteiger partial charge is 0.497 e. The highest BCUT2D eigenvalue weighted by atomic mass is 32.2. The number of unbranched alkanes of at least 4 members (excludes halogenated alkanes) is 1. The van der Waals surface area contributed by atoms with Crippen LogP contribution in [-0.2, 0) is 21.4 Å². The lowest BCUT2D eigenvalue weighted by atomic mass is 10.2. The molecule has 0 aliphatic carbocycles. The molecule has 4 N–H and O–H groups in total. The molecule has 162 valence electrons. The Bertz CT molecular complexity index is 918. The van der Waals surface area contributed by atoms with Crippen molar-refractivity contribution in [2.24, 2.45) is 0 Å². The van der Waals surface area contributed by atoms with Gasteiger partial charge in [0.15, 0.2) is 0 Å². The molecule has 0 atom stereocenters. The molecule has 2 aromatic carbocycles. The summed E-state index contributed by atoms with van der Waals surface area (Å²) in [6.45, 7) is 1.00. The monoisotopic (exact) mass is 434 g/mol. The van der Waals surface area contributed by atoms with E-state index in [4.69, 9.17) is 14.9 Å². The molecule has 0 bridgehead atoms. The molecular formula is C20H26N4O5S. The first-order chi connectivity index (χ1) is 14.4. The van der Waals surface area contributed by atoms with Gasteiger partial charge in [0, 0.05) is 13.1 Å². The Morgan fingerprint density at radius 3 is 2.23 bits per heavy atom.